The van der Waals surface area contributed by atoms with Crippen LogP contribution in [0.5, 0.6) is 5.75 Å². The Morgan fingerprint density at radius 3 is 2.75 bits per heavy atom. The molecule has 0 spiro atoms. The number of methoxy groups -OCH3 is 1. The SMILES string of the molecule is COC1CCN(Cc2cccc(O)c2)CC1. The van der Waals surface area contributed by atoms with Gasteiger partial charge in [0.1, 0.15) is 5.75 Å². The summed E-state index contributed by atoms with van der Waals surface area (Å²) in [4.78, 5) is 2.41. The molecule has 0 unspecified atom stereocenters. The molecule has 0 amide bonds. The summed E-state index contributed by atoms with van der Waals surface area (Å²) in [5, 5.41) is 9.38. The smallest absolute Gasteiger partial charge is 0.115 e. The van der Waals surface area contributed by atoms with E-state index in [0.29, 0.717) is 11.9 Å². The number of phenolic OH excluding ortho intramolecular Hbond substituents is 1. The summed E-state index contributed by atoms with van der Waals surface area (Å²) in [5.41, 5.74) is 1.18. The van der Waals surface area contributed by atoms with Gasteiger partial charge in [-0.2, -0.15) is 0 Å². The molecule has 1 aromatic rings. The maximum absolute atomic E-state index is 9.38. The summed E-state index contributed by atoms with van der Waals surface area (Å²) in [6.45, 7) is 3.08. The van der Waals surface area contributed by atoms with E-state index in [2.05, 4.69) is 11.0 Å². The number of hydrogen-bond donors (Lipinski definition) is 1. The summed E-state index contributed by atoms with van der Waals surface area (Å²) >= 11 is 0. The minimum Gasteiger partial charge on any atom is -0.508 e. The Labute approximate surface area is 96.6 Å². The topological polar surface area (TPSA) is 32.7 Å². The van der Waals surface area contributed by atoms with Crippen LogP contribution in [0.25, 0.3) is 0 Å². The highest BCUT2D eigenvalue weighted by molar-refractivity contribution is 5.27. The lowest BCUT2D eigenvalue weighted by Crippen LogP contribution is -2.36. The van der Waals surface area contributed by atoms with E-state index in [0.717, 1.165) is 32.5 Å². The normalized spacial score (nSPS) is 18.8. The summed E-state index contributed by atoms with van der Waals surface area (Å²) < 4.78 is 5.34. The van der Waals surface area contributed by atoms with Crippen molar-refractivity contribution < 1.29 is 9.84 Å². The van der Waals surface area contributed by atoms with Gasteiger partial charge in [0.05, 0.1) is 6.10 Å². The van der Waals surface area contributed by atoms with E-state index in [1.54, 1.807) is 13.2 Å². The van der Waals surface area contributed by atoms with Gasteiger partial charge in [-0.3, -0.25) is 4.90 Å². The monoisotopic (exact) mass is 221 g/mol. The van der Waals surface area contributed by atoms with Crippen molar-refractivity contribution in [1.29, 1.82) is 0 Å². The molecule has 3 heteroatoms. The van der Waals surface area contributed by atoms with Gasteiger partial charge in [-0.25, -0.2) is 0 Å². The predicted molar refractivity (Wildman–Crippen MR) is 63.4 cm³/mol. The maximum atomic E-state index is 9.38. The summed E-state index contributed by atoms with van der Waals surface area (Å²) in [6.07, 6.45) is 2.64. The van der Waals surface area contributed by atoms with E-state index in [1.807, 2.05) is 12.1 Å². The molecule has 1 aliphatic heterocycles. The highest BCUT2D eigenvalue weighted by atomic mass is 16.5. The van der Waals surface area contributed by atoms with Crippen LogP contribution in [0.4, 0.5) is 0 Å². The van der Waals surface area contributed by atoms with Crippen LogP contribution >= 0.6 is 0 Å². The van der Waals surface area contributed by atoms with Gasteiger partial charge < -0.3 is 9.84 Å². The highest BCUT2D eigenvalue weighted by Gasteiger charge is 2.18. The molecule has 0 aromatic heterocycles. The molecule has 1 saturated heterocycles. The van der Waals surface area contributed by atoms with E-state index in [1.165, 1.54) is 5.56 Å². The van der Waals surface area contributed by atoms with Crippen LogP contribution in [0.3, 0.4) is 0 Å². The fraction of sp³-hybridized carbons (Fsp3) is 0.538. The zero-order valence-corrected chi connectivity index (χ0v) is 9.72. The third-order valence-electron chi connectivity index (χ3n) is 3.18. The second-order valence-corrected chi connectivity index (χ2v) is 4.38. The van der Waals surface area contributed by atoms with E-state index >= 15 is 0 Å². The molecule has 0 atom stereocenters. The van der Waals surface area contributed by atoms with E-state index < -0.39 is 0 Å². The standard InChI is InChI=1S/C13H19NO2/c1-16-13-5-7-14(8-6-13)10-11-3-2-4-12(15)9-11/h2-4,9,13,15H,5-8,10H2,1H3. The van der Waals surface area contributed by atoms with Gasteiger partial charge in [0, 0.05) is 26.7 Å². The van der Waals surface area contributed by atoms with Crippen molar-refractivity contribution in [3.63, 3.8) is 0 Å². The van der Waals surface area contributed by atoms with Crippen LogP contribution in [0, 0.1) is 0 Å². The van der Waals surface area contributed by atoms with Crippen LogP contribution in [-0.2, 0) is 11.3 Å². The Balaban J connectivity index is 1.87. The van der Waals surface area contributed by atoms with Gasteiger partial charge in [0.2, 0.25) is 0 Å². The number of hydrogen-bond acceptors (Lipinski definition) is 3. The van der Waals surface area contributed by atoms with E-state index in [4.69, 9.17) is 4.74 Å². The predicted octanol–water partition coefficient (Wildman–Crippen LogP) is 2.00. The number of phenols is 1. The molecular weight excluding hydrogens is 202 g/mol. The van der Waals surface area contributed by atoms with Crippen molar-refractivity contribution in [2.45, 2.75) is 25.5 Å². The molecule has 0 saturated carbocycles. The lowest BCUT2D eigenvalue weighted by atomic mass is 10.1. The fourth-order valence-corrected chi connectivity index (χ4v) is 2.22. The van der Waals surface area contributed by atoms with Crippen molar-refractivity contribution in [3.05, 3.63) is 29.8 Å². The first-order valence-corrected chi connectivity index (χ1v) is 5.81. The maximum Gasteiger partial charge on any atom is 0.115 e. The van der Waals surface area contributed by atoms with E-state index in [-0.39, 0.29) is 0 Å². The average Bonchev–Trinajstić information content (AvgIpc) is 2.30. The number of aromatic hydroxyl groups is 1. The third-order valence-corrected chi connectivity index (χ3v) is 3.18. The van der Waals surface area contributed by atoms with Gasteiger partial charge in [0.25, 0.3) is 0 Å². The summed E-state index contributed by atoms with van der Waals surface area (Å²) in [5.74, 6) is 0.351. The van der Waals surface area contributed by atoms with E-state index in [9.17, 15) is 5.11 Å². The zero-order chi connectivity index (χ0) is 11.4. The highest BCUT2D eigenvalue weighted by Crippen LogP contribution is 2.17. The Kier molecular flexibility index (Phi) is 3.80. The van der Waals surface area contributed by atoms with Crippen molar-refractivity contribution in [3.8, 4) is 5.75 Å². The van der Waals surface area contributed by atoms with Gasteiger partial charge in [0.15, 0.2) is 0 Å². The van der Waals surface area contributed by atoms with Crippen LogP contribution in [0.15, 0.2) is 24.3 Å². The number of likely N-dealkylation sites (tertiary alicyclic amines) is 1. The molecule has 16 heavy (non-hydrogen) atoms. The number of ether oxygens (including phenoxy) is 1. The number of piperidine rings is 1. The molecule has 1 heterocycles. The molecular formula is C13H19NO2. The third kappa shape index (κ3) is 2.97. The fourth-order valence-electron chi connectivity index (χ4n) is 2.22. The van der Waals surface area contributed by atoms with Crippen molar-refractivity contribution in [2.24, 2.45) is 0 Å². The summed E-state index contributed by atoms with van der Waals surface area (Å²) in [7, 11) is 1.79. The molecule has 1 fully saturated rings. The Hall–Kier alpha value is -1.06. The molecule has 3 nitrogen and oxygen atoms in total. The Bertz CT molecular complexity index is 332. The molecule has 88 valence electrons. The lowest BCUT2D eigenvalue weighted by Gasteiger charge is -2.31. The zero-order valence-electron chi connectivity index (χ0n) is 9.72. The van der Waals surface area contributed by atoms with Crippen LogP contribution in [0.1, 0.15) is 18.4 Å². The second kappa shape index (κ2) is 5.32. The van der Waals surface area contributed by atoms with Crippen molar-refractivity contribution >= 4 is 0 Å². The quantitative estimate of drug-likeness (QED) is 0.847. The first-order valence-electron chi connectivity index (χ1n) is 5.81. The average molecular weight is 221 g/mol. The first-order chi connectivity index (χ1) is 7.78. The lowest BCUT2D eigenvalue weighted by molar-refractivity contribution is 0.0388. The Morgan fingerprint density at radius 1 is 1.38 bits per heavy atom. The van der Waals surface area contributed by atoms with Crippen LogP contribution in [0.2, 0.25) is 0 Å². The molecule has 1 N–H and O–H groups in total. The molecule has 1 aliphatic rings. The van der Waals surface area contributed by atoms with Crippen LogP contribution in [-0.4, -0.2) is 36.3 Å². The first kappa shape index (κ1) is 11.4. The summed E-state index contributed by atoms with van der Waals surface area (Å²) in [6, 6.07) is 7.50. The minimum atomic E-state index is 0.351. The molecule has 0 radical (unpaired) electrons. The molecule has 1 aromatic carbocycles. The number of rotatable bonds is 3. The van der Waals surface area contributed by atoms with Crippen molar-refractivity contribution in [2.75, 3.05) is 20.2 Å². The molecule has 0 aliphatic carbocycles. The number of benzene rings is 1. The largest absolute Gasteiger partial charge is 0.508 e. The van der Waals surface area contributed by atoms with Gasteiger partial charge >= 0.3 is 0 Å². The van der Waals surface area contributed by atoms with Gasteiger partial charge in [-0.15, -0.1) is 0 Å². The molecule has 0 bridgehead atoms. The van der Waals surface area contributed by atoms with Crippen molar-refractivity contribution in [1.82, 2.24) is 4.90 Å². The minimum absolute atomic E-state index is 0.351. The molecule has 2 rings (SSSR count). The Morgan fingerprint density at radius 2 is 2.12 bits per heavy atom. The van der Waals surface area contributed by atoms with Gasteiger partial charge in [-0.1, -0.05) is 12.1 Å². The van der Waals surface area contributed by atoms with Gasteiger partial charge in [-0.05, 0) is 30.5 Å². The second-order valence-electron chi connectivity index (χ2n) is 4.38. The number of nitrogens with zero attached hydrogens (tertiary/aromatic N) is 1. The van der Waals surface area contributed by atoms with Crippen LogP contribution < -0.4 is 0 Å².